The lowest BCUT2D eigenvalue weighted by atomic mass is 10.4. The third-order valence-corrected chi connectivity index (χ3v) is 2.35. The van der Waals surface area contributed by atoms with E-state index in [1.165, 1.54) is 6.33 Å². The first-order chi connectivity index (χ1) is 6.38. The highest BCUT2D eigenvalue weighted by Crippen LogP contribution is 2.19. The van der Waals surface area contributed by atoms with Crippen LogP contribution in [0.25, 0.3) is 5.70 Å². The fraction of sp³-hybridized carbons (Fsp3) is 0. The Morgan fingerprint density at radius 3 is 3.15 bits per heavy atom. The molecular weight excluding hydrogens is 279 g/mol. The Morgan fingerprint density at radius 1 is 1.46 bits per heavy atom. The minimum absolute atomic E-state index is 0.951. The SMILES string of the molecule is IC1=C(n2cncn2)C=CN=C=C1. The predicted octanol–water partition coefficient (Wildman–Crippen LogP) is 1.63. The molecular formula is C8H5IN4. The van der Waals surface area contributed by atoms with Gasteiger partial charge in [0.1, 0.15) is 12.7 Å². The summed E-state index contributed by atoms with van der Waals surface area (Å²) < 4.78 is 2.72. The second-order valence-corrected chi connectivity index (χ2v) is 3.45. The lowest BCUT2D eigenvalue weighted by Crippen LogP contribution is -1.95. The van der Waals surface area contributed by atoms with Crippen molar-refractivity contribution < 1.29 is 0 Å². The number of rotatable bonds is 1. The van der Waals surface area contributed by atoms with Crippen molar-refractivity contribution in [2.75, 3.05) is 0 Å². The number of halogens is 1. The van der Waals surface area contributed by atoms with Gasteiger partial charge >= 0.3 is 0 Å². The first kappa shape index (κ1) is 8.40. The third kappa shape index (κ3) is 1.76. The molecule has 0 bridgehead atoms. The van der Waals surface area contributed by atoms with Crippen molar-refractivity contribution in [1.82, 2.24) is 14.8 Å². The van der Waals surface area contributed by atoms with Gasteiger partial charge in [0.25, 0.3) is 0 Å². The summed E-state index contributed by atoms with van der Waals surface area (Å²) in [6.45, 7) is 0. The van der Waals surface area contributed by atoms with E-state index in [-0.39, 0.29) is 0 Å². The zero-order valence-corrected chi connectivity index (χ0v) is 8.71. The summed E-state index contributed by atoms with van der Waals surface area (Å²) >= 11 is 2.21. The second-order valence-electron chi connectivity index (χ2n) is 2.29. The van der Waals surface area contributed by atoms with Crippen LogP contribution in [0.5, 0.6) is 0 Å². The first-order valence-electron chi connectivity index (χ1n) is 3.58. The summed E-state index contributed by atoms with van der Waals surface area (Å²) in [4.78, 5) is 7.77. The summed E-state index contributed by atoms with van der Waals surface area (Å²) in [5.41, 5.74) is 0.951. The van der Waals surface area contributed by atoms with Crippen LogP contribution in [-0.2, 0) is 0 Å². The molecule has 2 rings (SSSR count). The number of hydrogen-bond acceptors (Lipinski definition) is 3. The predicted molar refractivity (Wildman–Crippen MR) is 58.4 cm³/mol. The molecule has 0 aliphatic carbocycles. The summed E-state index contributed by atoms with van der Waals surface area (Å²) in [7, 11) is 0. The fourth-order valence-electron chi connectivity index (χ4n) is 0.917. The zero-order chi connectivity index (χ0) is 9.10. The van der Waals surface area contributed by atoms with Crippen molar-refractivity contribution in [3.05, 3.63) is 34.6 Å². The Bertz CT molecular complexity index is 421. The standard InChI is InChI=1S/C8H5IN4/c9-7-1-3-10-4-2-8(7)13-6-11-5-12-13/h1-2,4-6H. The van der Waals surface area contributed by atoms with E-state index in [0.717, 1.165) is 9.28 Å². The van der Waals surface area contributed by atoms with E-state index in [2.05, 4.69) is 43.5 Å². The van der Waals surface area contributed by atoms with Crippen LogP contribution in [-0.4, -0.2) is 20.6 Å². The van der Waals surface area contributed by atoms with Crippen LogP contribution in [0.1, 0.15) is 0 Å². The highest BCUT2D eigenvalue weighted by molar-refractivity contribution is 14.1. The Morgan fingerprint density at radius 2 is 2.38 bits per heavy atom. The lowest BCUT2D eigenvalue weighted by molar-refractivity contribution is 0.908. The van der Waals surface area contributed by atoms with E-state index in [0.29, 0.717) is 0 Å². The summed E-state index contributed by atoms with van der Waals surface area (Å²) in [6.07, 6.45) is 8.50. The van der Waals surface area contributed by atoms with E-state index >= 15 is 0 Å². The Kier molecular flexibility index (Phi) is 2.37. The quantitative estimate of drug-likeness (QED) is 0.736. The summed E-state index contributed by atoms with van der Waals surface area (Å²) in [5, 5.41) is 4.03. The third-order valence-electron chi connectivity index (χ3n) is 1.48. The van der Waals surface area contributed by atoms with Gasteiger partial charge in [0, 0.05) is 15.9 Å². The Balaban J connectivity index is 2.50. The van der Waals surface area contributed by atoms with Gasteiger partial charge in [-0.2, -0.15) is 5.10 Å². The van der Waals surface area contributed by atoms with Gasteiger partial charge in [-0.15, -0.1) is 0 Å². The minimum atomic E-state index is 0.951. The molecule has 1 aliphatic heterocycles. The fourth-order valence-corrected chi connectivity index (χ4v) is 1.48. The van der Waals surface area contributed by atoms with Crippen molar-refractivity contribution in [1.29, 1.82) is 0 Å². The highest BCUT2D eigenvalue weighted by Gasteiger charge is 2.02. The number of hydrogen-bond donors (Lipinski definition) is 0. The van der Waals surface area contributed by atoms with Crippen LogP contribution in [0.2, 0.25) is 0 Å². The molecule has 0 atom stereocenters. The molecule has 5 heteroatoms. The van der Waals surface area contributed by atoms with Crippen LogP contribution >= 0.6 is 22.6 Å². The molecule has 0 radical (unpaired) electrons. The van der Waals surface area contributed by atoms with Gasteiger partial charge in [0.2, 0.25) is 0 Å². The molecule has 0 amide bonds. The average molecular weight is 284 g/mol. The first-order valence-corrected chi connectivity index (χ1v) is 4.66. The molecule has 0 unspecified atom stereocenters. The average Bonchev–Trinajstić information content (AvgIpc) is 2.56. The maximum absolute atomic E-state index is 4.03. The molecule has 64 valence electrons. The van der Waals surface area contributed by atoms with Gasteiger partial charge in [-0.05, 0) is 34.5 Å². The Labute approximate surface area is 88.5 Å². The lowest BCUT2D eigenvalue weighted by Gasteiger charge is -2.00. The molecule has 0 N–H and O–H groups in total. The summed E-state index contributed by atoms with van der Waals surface area (Å²) in [5.74, 6) is 2.78. The van der Waals surface area contributed by atoms with Gasteiger partial charge in [0.05, 0.1) is 5.70 Å². The highest BCUT2D eigenvalue weighted by atomic mass is 127. The van der Waals surface area contributed by atoms with Crippen LogP contribution in [0, 0.1) is 0 Å². The molecule has 0 saturated carbocycles. The van der Waals surface area contributed by atoms with Crippen molar-refractivity contribution in [2.45, 2.75) is 0 Å². The van der Waals surface area contributed by atoms with Crippen molar-refractivity contribution in [3.8, 4) is 0 Å². The van der Waals surface area contributed by atoms with E-state index in [1.54, 1.807) is 23.3 Å². The van der Waals surface area contributed by atoms with Gasteiger partial charge in [-0.25, -0.2) is 14.7 Å². The maximum atomic E-state index is 4.03. The van der Waals surface area contributed by atoms with E-state index in [9.17, 15) is 0 Å². The minimum Gasteiger partial charge on any atom is -0.223 e. The molecule has 0 aromatic carbocycles. The summed E-state index contributed by atoms with van der Waals surface area (Å²) in [6, 6.07) is 0. The molecule has 1 aliphatic rings. The van der Waals surface area contributed by atoms with Crippen LogP contribution < -0.4 is 0 Å². The Hall–Kier alpha value is -1.20. The van der Waals surface area contributed by atoms with E-state index < -0.39 is 0 Å². The van der Waals surface area contributed by atoms with Gasteiger partial charge in [0.15, 0.2) is 0 Å². The van der Waals surface area contributed by atoms with Crippen molar-refractivity contribution >= 4 is 34.2 Å². The van der Waals surface area contributed by atoms with Crippen LogP contribution in [0.15, 0.2) is 39.6 Å². The van der Waals surface area contributed by atoms with Gasteiger partial charge < -0.3 is 0 Å². The second kappa shape index (κ2) is 3.68. The smallest absolute Gasteiger partial charge is 0.138 e. The van der Waals surface area contributed by atoms with Crippen molar-refractivity contribution in [3.63, 3.8) is 0 Å². The normalized spacial score (nSPS) is 15.2. The molecule has 0 saturated heterocycles. The molecule has 2 heterocycles. The number of aromatic nitrogens is 3. The van der Waals surface area contributed by atoms with Crippen LogP contribution in [0.4, 0.5) is 0 Å². The topological polar surface area (TPSA) is 43.1 Å². The largest absolute Gasteiger partial charge is 0.223 e. The molecule has 0 fully saturated rings. The maximum Gasteiger partial charge on any atom is 0.138 e. The van der Waals surface area contributed by atoms with Crippen molar-refractivity contribution in [2.24, 2.45) is 4.99 Å². The molecule has 1 aromatic heterocycles. The number of nitrogens with zero attached hydrogens (tertiary/aromatic N) is 4. The molecule has 4 nitrogen and oxygen atoms in total. The van der Waals surface area contributed by atoms with E-state index in [4.69, 9.17) is 0 Å². The molecule has 13 heavy (non-hydrogen) atoms. The number of allylic oxidation sites excluding steroid dienone is 4. The van der Waals surface area contributed by atoms with Crippen LogP contribution in [0.3, 0.4) is 0 Å². The monoisotopic (exact) mass is 284 g/mol. The van der Waals surface area contributed by atoms with E-state index in [1.807, 2.05) is 6.08 Å². The molecule has 0 spiro atoms. The zero-order valence-electron chi connectivity index (χ0n) is 6.55. The van der Waals surface area contributed by atoms with Gasteiger partial charge in [-0.1, -0.05) is 0 Å². The molecule has 1 aromatic rings. The number of aliphatic imine (C=N–C) groups is 1. The van der Waals surface area contributed by atoms with Gasteiger partial charge in [-0.3, -0.25) is 0 Å².